The third-order valence-corrected chi connectivity index (χ3v) is 4.96. The molecule has 5 heteroatoms. The summed E-state index contributed by atoms with van der Waals surface area (Å²) in [6, 6.07) is 14.2. The molecular weight excluding hydrogens is 437 g/mol. The molecule has 0 unspecified atom stereocenters. The minimum Gasteiger partial charge on any atom is -0.469 e. The van der Waals surface area contributed by atoms with Crippen LogP contribution in [0.5, 0.6) is 0 Å². The Kier molecular flexibility index (Phi) is 5.46. The minimum absolute atomic E-state index is 0.169. The molecule has 0 aliphatic rings. The van der Waals surface area contributed by atoms with E-state index in [4.69, 9.17) is 16.3 Å². The molecule has 0 amide bonds. The van der Waals surface area contributed by atoms with Crippen LogP contribution in [0.1, 0.15) is 18.4 Å². The maximum atomic E-state index is 11.4. The molecule has 2 aromatic carbocycles. The lowest BCUT2D eigenvalue weighted by Crippen LogP contribution is -2.00. The summed E-state index contributed by atoms with van der Waals surface area (Å²) in [4.78, 5) is 14.9. The molecule has 124 valence electrons. The number of nitrogens with one attached hydrogen (secondary N) is 1. The van der Waals surface area contributed by atoms with E-state index in [2.05, 4.69) is 45.8 Å². The van der Waals surface area contributed by atoms with Gasteiger partial charge in [0, 0.05) is 31.6 Å². The van der Waals surface area contributed by atoms with Gasteiger partial charge in [0.15, 0.2) is 0 Å². The van der Waals surface area contributed by atoms with Gasteiger partial charge in [0.1, 0.15) is 0 Å². The number of fused-ring (bicyclic) bond motifs is 1. The number of halogens is 2. The molecule has 0 fully saturated rings. The highest BCUT2D eigenvalue weighted by Crippen LogP contribution is 2.33. The van der Waals surface area contributed by atoms with Crippen LogP contribution >= 0.6 is 34.2 Å². The van der Waals surface area contributed by atoms with Crippen molar-refractivity contribution in [2.24, 2.45) is 0 Å². The number of rotatable bonds is 5. The van der Waals surface area contributed by atoms with Crippen LogP contribution in [0.2, 0.25) is 5.02 Å². The van der Waals surface area contributed by atoms with E-state index in [1.807, 2.05) is 24.3 Å². The average molecular weight is 454 g/mol. The standard InChI is InChI=1S/C19H17ClINO2/c1-24-18(23)4-2-3-15-16-11-14(21)9-10-17(16)22-19(15)12-5-7-13(20)8-6-12/h5-11,22H,2-4H2,1H3. The Morgan fingerprint density at radius 1 is 1.21 bits per heavy atom. The van der Waals surface area contributed by atoms with Crippen molar-refractivity contribution in [2.75, 3.05) is 7.11 Å². The number of hydrogen-bond acceptors (Lipinski definition) is 2. The van der Waals surface area contributed by atoms with Gasteiger partial charge in [-0.05, 0) is 76.9 Å². The van der Waals surface area contributed by atoms with Gasteiger partial charge >= 0.3 is 5.97 Å². The Hall–Kier alpha value is -1.53. The van der Waals surface area contributed by atoms with E-state index >= 15 is 0 Å². The fraction of sp³-hybridized carbons (Fsp3) is 0.211. The van der Waals surface area contributed by atoms with E-state index in [9.17, 15) is 4.79 Å². The molecule has 0 spiro atoms. The summed E-state index contributed by atoms with van der Waals surface area (Å²) in [7, 11) is 1.43. The number of esters is 1. The van der Waals surface area contributed by atoms with Crippen molar-refractivity contribution >= 4 is 51.1 Å². The van der Waals surface area contributed by atoms with Gasteiger partial charge in [-0.1, -0.05) is 23.7 Å². The summed E-state index contributed by atoms with van der Waals surface area (Å²) in [5.41, 5.74) is 4.52. The minimum atomic E-state index is -0.169. The van der Waals surface area contributed by atoms with Crippen LogP contribution in [0.25, 0.3) is 22.2 Å². The van der Waals surface area contributed by atoms with Crippen molar-refractivity contribution in [3.05, 3.63) is 56.6 Å². The third-order valence-electron chi connectivity index (χ3n) is 4.04. The van der Waals surface area contributed by atoms with Crippen molar-refractivity contribution in [3.63, 3.8) is 0 Å². The Morgan fingerprint density at radius 3 is 2.67 bits per heavy atom. The van der Waals surface area contributed by atoms with E-state index in [0.29, 0.717) is 6.42 Å². The van der Waals surface area contributed by atoms with Crippen LogP contribution < -0.4 is 0 Å². The van der Waals surface area contributed by atoms with E-state index in [-0.39, 0.29) is 5.97 Å². The first-order valence-corrected chi connectivity index (χ1v) is 9.17. The molecule has 0 saturated carbocycles. The first kappa shape index (κ1) is 17.3. The van der Waals surface area contributed by atoms with Crippen molar-refractivity contribution in [3.8, 4) is 11.3 Å². The summed E-state index contributed by atoms with van der Waals surface area (Å²) in [5.74, 6) is -0.169. The normalized spacial score (nSPS) is 11.0. The second-order valence-corrected chi connectivity index (χ2v) is 7.29. The Bertz CT molecular complexity index is 871. The van der Waals surface area contributed by atoms with Crippen LogP contribution in [0.15, 0.2) is 42.5 Å². The number of methoxy groups -OCH3 is 1. The van der Waals surface area contributed by atoms with Crippen LogP contribution in [0, 0.1) is 3.57 Å². The fourth-order valence-electron chi connectivity index (χ4n) is 2.85. The number of carbonyl (C=O) groups excluding carboxylic acids is 1. The second-order valence-electron chi connectivity index (χ2n) is 5.61. The fourth-order valence-corrected chi connectivity index (χ4v) is 3.47. The highest BCUT2D eigenvalue weighted by Gasteiger charge is 2.14. The molecule has 0 bridgehead atoms. The van der Waals surface area contributed by atoms with Gasteiger partial charge in [-0.15, -0.1) is 0 Å². The monoisotopic (exact) mass is 453 g/mol. The predicted molar refractivity (Wildman–Crippen MR) is 106 cm³/mol. The largest absolute Gasteiger partial charge is 0.469 e. The van der Waals surface area contributed by atoms with Crippen molar-refractivity contribution < 1.29 is 9.53 Å². The summed E-state index contributed by atoms with van der Waals surface area (Å²) in [6.45, 7) is 0. The zero-order valence-electron chi connectivity index (χ0n) is 13.2. The summed E-state index contributed by atoms with van der Waals surface area (Å²) in [5, 5.41) is 1.92. The van der Waals surface area contributed by atoms with Crippen LogP contribution in [0.3, 0.4) is 0 Å². The van der Waals surface area contributed by atoms with Crippen molar-refractivity contribution in [1.29, 1.82) is 0 Å². The highest BCUT2D eigenvalue weighted by molar-refractivity contribution is 14.1. The number of hydrogen-bond donors (Lipinski definition) is 1. The Labute approximate surface area is 159 Å². The maximum Gasteiger partial charge on any atom is 0.305 e. The number of aromatic amines is 1. The lowest BCUT2D eigenvalue weighted by atomic mass is 10.0. The van der Waals surface area contributed by atoms with Crippen molar-refractivity contribution in [2.45, 2.75) is 19.3 Å². The topological polar surface area (TPSA) is 42.1 Å². The number of aryl methyl sites for hydroxylation is 1. The summed E-state index contributed by atoms with van der Waals surface area (Å²) in [6.07, 6.45) is 1.99. The van der Waals surface area contributed by atoms with Gasteiger partial charge in [0.2, 0.25) is 0 Å². The molecule has 3 aromatic rings. The van der Waals surface area contributed by atoms with E-state index in [1.165, 1.54) is 21.6 Å². The third kappa shape index (κ3) is 3.75. The molecule has 0 atom stereocenters. The number of carbonyl (C=O) groups is 1. The number of ether oxygens (including phenoxy) is 1. The molecule has 1 heterocycles. The van der Waals surface area contributed by atoms with Gasteiger partial charge in [-0.25, -0.2) is 0 Å². The molecule has 3 nitrogen and oxygen atoms in total. The van der Waals surface area contributed by atoms with Crippen LogP contribution in [-0.2, 0) is 16.0 Å². The molecule has 0 aliphatic heterocycles. The second kappa shape index (κ2) is 7.57. The molecular formula is C19H17ClINO2. The number of H-pyrrole nitrogens is 1. The first-order chi connectivity index (χ1) is 11.6. The zero-order chi connectivity index (χ0) is 17.1. The van der Waals surface area contributed by atoms with Gasteiger partial charge < -0.3 is 9.72 Å². The molecule has 0 radical (unpaired) electrons. The highest BCUT2D eigenvalue weighted by atomic mass is 127. The Balaban J connectivity index is 2.01. The molecule has 3 rings (SSSR count). The SMILES string of the molecule is COC(=O)CCCc1c(-c2ccc(Cl)cc2)[nH]c2ccc(I)cc12. The quantitative estimate of drug-likeness (QED) is 0.404. The molecule has 1 aromatic heterocycles. The zero-order valence-corrected chi connectivity index (χ0v) is 16.1. The van der Waals surface area contributed by atoms with E-state index in [0.717, 1.165) is 34.6 Å². The van der Waals surface area contributed by atoms with Gasteiger partial charge in [-0.2, -0.15) is 0 Å². The molecule has 1 N–H and O–H groups in total. The lowest BCUT2D eigenvalue weighted by Gasteiger charge is -2.06. The van der Waals surface area contributed by atoms with Gasteiger partial charge in [0.25, 0.3) is 0 Å². The van der Waals surface area contributed by atoms with Crippen LogP contribution in [-0.4, -0.2) is 18.1 Å². The molecule has 0 saturated heterocycles. The average Bonchev–Trinajstić information content (AvgIpc) is 2.93. The number of benzene rings is 2. The van der Waals surface area contributed by atoms with E-state index < -0.39 is 0 Å². The van der Waals surface area contributed by atoms with E-state index in [1.54, 1.807) is 0 Å². The van der Waals surface area contributed by atoms with Gasteiger partial charge in [-0.3, -0.25) is 4.79 Å². The summed E-state index contributed by atoms with van der Waals surface area (Å²) >= 11 is 8.33. The number of aromatic nitrogens is 1. The molecule has 0 aliphatic carbocycles. The predicted octanol–water partition coefficient (Wildman–Crippen LogP) is 5.59. The van der Waals surface area contributed by atoms with Gasteiger partial charge in [0.05, 0.1) is 7.11 Å². The summed E-state index contributed by atoms with van der Waals surface area (Å²) < 4.78 is 5.93. The maximum absolute atomic E-state index is 11.4. The lowest BCUT2D eigenvalue weighted by molar-refractivity contribution is -0.140. The molecule has 24 heavy (non-hydrogen) atoms. The smallest absolute Gasteiger partial charge is 0.305 e. The first-order valence-electron chi connectivity index (χ1n) is 7.71. The van der Waals surface area contributed by atoms with Crippen molar-refractivity contribution in [1.82, 2.24) is 4.98 Å². The Morgan fingerprint density at radius 2 is 1.96 bits per heavy atom. The van der Waals surface area contributed by atoms with Crippen LogP contribution in [0.4, 0.5) is 0 Å².